The molecule has 2 nitrogen and oxygen atoms in total. The van der Waals surface area contributed by atoms with Crippen molar-refractivity contribution in [3.05, 3.63) is 11.6 Å². The zero-order chi connectivity index (χ0) is 16.2. The fourth-order valence-corrected chi connectivity index (χ4v) is 7.12. The molecule has 0 N–H and O–H groups in total. The number of ketones is 1. The minimum atomic E-state index is 0.376. The van der Waals surface area contributed by atoms with Crippen molar-refractivity contribution in [1.29, 1.82) is 0 Å². The van der Waals surface area contributed by atoms with Gasteiger partial charge in [-0.25, -0.2) is 0 Å². The van der Waals surface area contributed by atoms with Crippen LogP contribution in [0.25, 0.3) is 0 Å². The van der Waals surface area contributed by atoms with E-state index in [4.69, 9.17) is 4.74 Å². The van der Waals surface area contributed by atoms with Crippen LogP contribution in [0.2, 0.25) is 0 Å². The van der Waals surface area contributed by atoms with Gasteiger partial charge in [-0.3, -0.25) is 4.79 Å². The Morgan fingerprint density at radius 3 is 2.83 bits per heavy atom. The number of fused-ring (bicyclic) bond motifs is 5. The van der Waals surface area contributed by atoms with Crippen molar-refractivity contribution in [2.24, 2.45) is 35.0 Å². The Kier molecular flexibility index (Phi) is 3.95. The monoisotopic (exact) mass is 316 g/mol. The van der Waals surface area contributed by atoms with E-state index in [1.165, 1.54) is 37.7 Å². The van der Waals surface area contributed by atoms with Crippen LogP contribution < -0.4 is 0 Å². The minimum absolute atomic E-state index is 0.376. The van der Waals surface area contributed by atoms with E-state index >= 15 is 0 Å². The first-order valence-electron chi connectivity index (χ1n) is 9.89. The van der Waals surface area contributed by atoms with Gasteiger partial charge in [-0.1, -0.05) is 19.4 Å². The first-order valence-corrected chi connectivity index (χ1v) is 9.89. The molecule has 0 aliphatic heterocycles. The van der Waals surface area contributed by atoms with Gasteiger partial charge in [-0.15, -0.1) is 0 Å². The predicted molar refractivity (Wildman–Crippen MR) is 92.1 cm³/mol. The molecular formula is C21H32O2. The molecule has 3 fully saturated rings. The number of carbonyl (C=O) groups is 1. The van der Waals surface area contributed by atoms with E-state index in [1.807, 2.05) is 6.08 Å². The summed E-state index contributed by atoms with van der Waals surface area (Å²) in [7, 11) is 0. The lowest BCUT2D eigenvalue weighted by atomic mass is 9.51. The van der Waals surface area contributed by atoms with Crippen LogP contribution in [0, 0.1) is 35.0 Å². The van der Waals surface area contributed by atoms with Gasteiger partial charge >= 0.3 is 0 Å². The second-order valence-electron chi connectivity index (χ2n) is 8.92. The molecule has 4 rings (SSSR count). The maximum Gasteiger partial charge on any atom is 0.155 e. The van der Waals surface area contributed by atoms with Crippen molar-refractivity contribution in [3.63, 3.8) is 0 Å². The molecule has 0 aromatic rings. The molecule has 23 heavy (non-hydrogen) atoms. The lowest BCUT2D eigenvalue weighted by molar-refractivity contribution is -0.116. The minimum Gasteiger partial charge on any atom is -0.378 e. The number of hydrogen-bond donors (Lipinski definition) is 0. The van der Waals surface area contributed by atoms with E-state index in [1.54, 1.807) is 0 Å². The zero-order valence-corrected chi connectivity index (χ0v) is 15.0. The molecule has 0 heterocycles. The van der Waals surface area contributed by atoms with Crippen LogP contribution in [0.5, 0.6) is 0 Å². The summed E-state index contributed by atoms with van der Waals surface area (Å²) in [5.41, 5.74) is 1.89. The molecule has 4 aliphatic carbocycles. The Bertz CT molecular complexity index is 522. The van der Waals surface area contributed by atoms with Crippen molar-refractivity contribution in [1.82, 2.24) is 0 Å². The highest BCUT2D eigenvalue weighted by Crippen LogP contribution is 2.63. The van der Waals surface area contributed by atoms with Gasteiger partial charge in [0.2, 0.25) is 0 Å². The standard InChI is InChI=1S/C21H32O2/c1-4-23-19-11-13(2)20-18-7-5-14-12-15(22)6-8-16(14)17(18)9-10-21(19,20)3/h12-13,16-20H,4-11H2,1-3H3/t13-,16?,17?,18?,19?,20?,21?/m0/s1. The molecule has 0 saturated heterocycles. The van der Waals surface area contributed by atoms with Crippen LogP contribution >= 0.6 is 0 Å². The van der Waals surface area contributed by atoms with Crippen LogP contribution in [0.1, 0.15) is 65.7 Å². The molecule has 0 aromatic heterocycles. The molecular weight excluding hydrogens is 284 g/mol. The summed E-state index contributed by atoms with van der Waals surface area (Å²) in [6.45, 7) is 7.99. The fourth-order valence-electron chi connectivity index (χ4n) is 7.12. The molecule has 6 unspecified atom stereocenters. The van der Waals surface area contributed by atoms with Gasteiger partial charge in [0.1, 0.15) is 0 Å². The molecule has 0 radical (unpaired) electrons. The second-order valence-corrected chi connectivity index (χ2v) is 8.92. The quantitative estimate of drug-likeness (QED) is 0.733. The topological polar surface area (TPSA) is 26.3 Å². The van der Waals surface area contributed by atoms with Crippen molar-refractivity contribution in [3.8, 4) is 0 Å². The summed E-state index contributed by atoms with van der Waals surface area (Å²) < 4.78 is 6.19. The highest BCUT2D eigenvalue weighted by molar-refractivity contribution is 5.91. The Balaban J connectivity index is 1.62. The van der Waals surface area contributed by atoms with Crippen molar-refractivity contribution < 1.29 is 9.53 Å². The summed E-state index contributed by atoms with van der Waals surface area (Å²) in [4.78, 5) is 11.8. The Morgan fingerprint density at radius 1 is 1.22 bits per heavy atom. The van der Waals surface area contributed by atoms with E-state index in [0.717, 1.165) is 43.1 Å². The van der Waals surface area contributed by atoms with Gasteiger partial charge in [-0.05, 0) is 86.5 Å². The molecule has 0 amide bonds. The van der Waals surface area contributed by atoms with Crippen LogP contribution in [0.3, 0.4) is 0 Å². The highest BCUT2D eigenvalue weighted by atomic mass is 16.5. The van der Waals surface area contributed by atoms with E-state index < -0.39 is 0 Å². The zero-order valence-electron chi connectivity index (χ0n) is 15.0. The van der Waals surface area contributed by atoms with E-state index in [-0.39, 0.29) is 0 Å². The first-order chi connectivity index (χ1) is 11.0. The number of rotatable bonds is 2. The highest BCUT2D eigenvalue weighted by Gasteiger charge is 2.59. The molecule has 0 spiro atoms. The van der Waals surface area contributed by atoms with Gasteiger partial charge in [0.05, 0.1) is 6.10 Å². The van der Waals surface area contributed by atoms with Gasteiger partial charge < -0.3 is 4.74 Å². The smallest absolute Gasteiger partial charge is 0.155 e. The van der Waals surface area contributed by atoms with E-state index in [0.29, 0.717) is 23.2 Å². The predicted octanol–water partition coefficient (Wildman–Crippen LogP) is 4.78. The van der Waals surface area contributed by atoms with Crippen LogP contribution in [0.15, 0.2) is 11.6 Å². The molecule has 0 aromatic carbocycles. The van der Waals surface area contributed by atoms with Gasteiger partial charge in [-0.2, -0.15) is 0 Å². The molecule has 4 aliphatic rings. The number of allylic oxidation sites excluding steroid dienone is 1. The third kappa shape index (κ3) is 2.35. The SMILES string of the molecule is CCOC1C[C@H](C)C2C3CCC4=CC(=O)CCC4C3CCC12C. The normalized spacial score (nSPS) is 49.2. The van der Waals surface area contributed by atoms with Crippen LogP contribution in [-0.4, -0.2) is 18.5 Å². The second kappa shape index (κ2) is 5.72. The summed E-state index contributed by atoms with van der Waals surface area (Å²) >= 11 is 0. The Morgan fingerprint density at radius 2 is 2.04 bits per heavy atom. The third-order valence-corrected chi connectivity index (χ3v) is 7.90. The van der Waals surface area contributed by atoms with E-state index in [2.05, 4.69) is 20.8 Å². The lowest BCUT2D eigenvalue weighted by Gasteiger charge is -2.54. The average molecular weight is 316 g/mol. The number of ether oxygens (including phenoxy) is 1. The molecule has 0 bridgehead atoms. The number of carbonyl (C=O) groups excluding carboxylic acids is 1. The summed E-state index contributed by atoms with van der Waals surface area (Å²) in [5.74, 6) is 4.42. The van der Waals surface area contributed by atoms with Crippen LogP contribution in [-0.2, 0) is 9.53 Å². The molecule has 7 atom stereocenters. The maximum absolute atomic E-state index is 11.8. The third-order valence-electron chi connectivity index (χ3n) is 7.90. The summed E-state index contributed by atoms with van der Waals surface area (Å²) in [5, 5.41) is 0. The summed E-state index contributed by atoms with van der Waals surface area (Å²) in [6.07, 6.45) is 10.8. The first kappa shape index (κ1) is 15.9. The van der Waals surface area contributed by atoms with Gasteiger partial charge in [0.15, 0.2) is 5.78 Å². The molecule has 128 valence electrons. The fraction of sp³-hybridized carbons (Fsp3) is 0.857. The average Bonchev–Trinajstić information content (AvgIpc) is 2.78. The largest absolute Gasteiger partial charge is 0.378 e. The lowest BCUT2D eigenvalue weighted by Crippen LogP contribution is -2.49. The summed E-state index contributed by atoms with van der Waals surface area (Å²) in [6, 6.07) is 0. The van der Waals surface area contributed by atoms with Crippen molar-refractivity contribution in [2.75, 3.05) is 6.61 Å². The Labute approximate surface area is 141 Å². The van der Waals surface area contributed by atoms with Gasteiger partial charge in [0.25, 0.3) is 0 Å². The van der Waals surface area contributed by atoms with Crippen LogP contribution in [0.4, 0.5) is 0 Å². The van der Waals surface area contributed by atoms with Gasteiger partial charge in [0, 0.05) is 13.0 Å². The molecule has 3 saturated carbocycles. The number of hydrogen-bond acceptors (Lipinski definition) is 2. The molecule has 2 heteroatoms. The maximum atomic E-state index is 11.8. The van der Waals surface area contributed by atoms with Crippen molar-refractivity contribution >= 4 is 5.78 Å². The Hall–Kier alpha value is -0.630. The van der Waals surface area contributed by atoms with Crippen molar-refractivity contribution in [2.45, 2.75) is 71.8 Å². The van der Waals surface area contributed by atoms with E-state index in [9.17, 15) is 4.79 Å².